The van der Waals surface area contributed by atoms with Gasteiger partial charge in [-0.05, 0) is 48.0 Å². The number of nitro groups is 1. The van der Waals surface area contributed by atoms with Gasteiger partial charge in [0.2, 0.25) is 0 Å². The van der Waals surface area contributed by atoms with Gasteiger partial charge in [0.05, 0.1) is 28.2 Å². The number of nitriles is 1. The Hall–Kier alpha value is -3.43. The van der Waals surface area contributed by atoms with Gasteiger partial charge >= 0.3 is 0 Å². The lowest BCUT2D eigenvalue weighted by molar-refractivity contribution is -0.384. The maximum Gasteiger partial charge on any atom is 0.283 e. The Kier molecular flexibility index (Phi) is 4.83. The molecule has 1 aromatic heterocycles. The molecule has 5 nitrogen and oxygen atoms in total. The van der Waals surface area contributed by atoms with Crippen LogP contribution >= 0.6 is 11.6 Å². The molecule has 0 aliphatic heterocycles. The van der Waals surface area contributed by atoms with Crippen molar-refractivity contribution in [3.63, 3.8) is 0 Å². The van der Waals surface area contributed by atoms with Crippen molar-refractivity contribution in [2.24, 2.45) is 0 Å². The molecule has 0 aliphatic carbocycles. The van der Waals surface area contributed by atoms with Gasteiger partial charge in [-0.25, -0.2) is 4.39 Å². The highest BCUT2D eigenvalue weighted by Crippen LogP contribution is 2.32. The molecule has 3 rings (SSSR count). The van der Waals surface area contributed by atoms with Crippen molar-refractivity contribution >= 4 is 28.9 Å². The van der Waals surface area contributed by atoms with Crippen molar-refractivity contribution < 1.29 is 13.7 Å². The fourth-order valence-corrected chi connectivity index (χ4v) is 2.61. The first-order valence-corrected chi connectivity index (χ1v) is 7.77. The Labute approximate surface area is 152 Å². The smallest absolute Gasteiger partial charge is 0.283 e. The summed E-state index contributed by atoms with van der Waals surface area (Å²) in [7, 11) is 0. The van der Waals surface area contributed by atoms with Crippen molar-refractivity contribution in [2.75, 3.05) is 0 Å². The second-order valence-electron chi connectivity index (χ2n) is 5.30. The van der Waals surface area contributed by atoms with E-state index < -0.39 is 16.4 Å². The van der Waals surface area contributed by atoms with Crippen LogP contribution in [0.1, 0.15) is 11.3 Å². The molecule has 0 unspecified atom stereocenters. The topological polar surface area (TPSA) is 80.1 Å². The van der Waals surface area contributed by atoms with Gasteiger partial charge in [-0.3, -0.25) is 10.1 Å². The van der Waals surface area contributed by atoms with Crippen LogP contribution in [0.15, 0.2) is 59.0 Å². The molecule has 0 bridgehead atoms. The van der Waals surface area contributed by atoms with E-state index in [9.17, 15) is 19.8 Å². The van der Waals surface area contributed by atoms with Crippen LogP contribution in [0.5, 0.6) is 0 Å². The number of furan rings is 1. The summed E-state index contributed by atoms with van der Waals surface area (Å²) in [6.45, 7) is 0. The van der Waals surface area contributed by atoms with Gasteiger partial charge in [-0.15, -0.1) is 0 Å². The number of rotatable bonds is 4. The minimum atomic E-state index is -0.708. The highest BCUT2D eigenvalue weighted by Gasteiger charge is 2.19. The molecule has 0 atom stereocenters. The van der Waals surface area contributed by atoms with E-state index in [4.69, 9.17) is 16.0 Å². The molecule has 7 heteroatoms. The third-order valence-electron chi connectivity index (χ3n) is 3.59. The second-order valence-corrected chi connectivity index (χ2v) is 5.74. The summed E-state index contributed by atoms with van der Waals surface area (Å²) in [6, 6.07) is 15.2. The van der Waals surface area contributed by atoms with E-state index in [1.54, 1.807) is 30.3 Å². The Morgan fingerprint density at radius 1 is 1.23 bits per heavy atom. The predicted molar refractivity (Wildman–Crippen MR) is 95.7 cm³/mol. The molecule has 1 heterocycles. The van der Waals surface area contributed by atoms with Crippen molar-refractivity contribution in [3.05, 3.63) is 86.9 Å². The van der Waals surface area contributed by atoms with Crippen LogP contribution in [0.3, 0.4) is 0 Å². The van der Waals surface area contributed by atoms with Crippen molar-refractivity contribution in [1.82, 2.24) is 0 Å². The van der Waals surface area contributed by atoms with E-state index in [1.165, 1.54) is 18.2 Å². The Morgan fingerprint density at radius 3 is 2.73 bits per heavy atom. The lowest BCUT2D eigenvalue weighted by Crippen LogP contribution is -1.92. The maximum atomic E-state index is 13.3. The predicted octanol–water partition coefficient (Wildman–Crippen LogP) is 5.71. The zero-order chi connectivity index (χ0) is 18.7. The number of hydrogen-bond acceptors (Lipinski definition) is 4. The molecular weight excluding hydrogens is 359 g/mol. The third kappa shape index (κ3) is 3.63. The summed E-state index contributed by atoms with van der Waals surface area (Å²) in [5, 5.41) is 21.0. The molecule has 0 saturated heterocycles. The molecule has 26 heavy (non-hydrogen) atoms. The van der Waals surface area contributed by atoms with E-state index in [-0.39, 0.29) is 11.3 Å². The minimum absolute atomic E-state index is 0.150. The number of nitro benzene ring substituents is 1. The normalized spacial score (nSPS) is 11.2. The Morgan fingerprint density at radius 2 is 2.04 bits per heavy atom. The highest BCUT2D eigenvalue weighted by atomic mass is 35.5. The van der Waals surface area contributed by atoms with E-state index in [0.717, 1.165) is 12.1 Å². The first-order valence-electron chi connectivity index (χ1n) is 7.40. The van der Waals surface area contributed by atoms with E-state index in [0.29, 0.717) is 21.9 Å². The zero-order valence-corrected chi connectivity index (χ0v) is 13.9. The molecule has 0 spiro atoms. The third-order valence-corrected chi connectivity index (χ3v) is 3.83. The molecular formula is C19H10ClFN2O3. The van der Waals surface area contributed by atoms with Gasteiger partial charge in [0.25, 0.3) is 5.69 Å². The molecule has 0 fully saturated rings. The van der Waals surface area contributed by atoms with Crippen LogP contribution in [0.25, 0.3) is 23.0 Å². The number of allylic oxidation sites excluding steroid dienone is 1. The molecule has 0 N–H and O–H groups in total. The van der Waals surface area contributed by atoms with Crippen LogP contribution < -0.4 is 0 Å². The summed E-state index contributed by atoms with van der Waals surface area (Å²) in [6.07, 6.45) is 1.50. The van der Waals surface area contributed by atoms with E-state index in [2.05, 4.69) is 6.07 Å². The Bertz CT molecular complexity index is 1070. The van der Waals surface area contributed by atoms with Crippen molar-refractivity contribution in [2.45, 2.75) is 0 Å². The summed E-state index contributed by atoms with van der Waals surface area (Å²) >= 11 is 5.94. The van der Waals surface area contributed by atoms with Gasteiger partial charge in [-0.1, -0.05) is 23.7 Å². The second kappa shape index (κ2) is 7.21. The van der Waals surface area contributed by atoms with Gasteiger partial charge < -0.3 is 4.42 Å². The fourth-order valence-electron chi connectivity index (χ4n) is 2.42. The minimum Gasteiger partial charge on any atom is -0.456 e. The van der Waals surface area contributed by atoms with E-state index in [1.807, 2.05) is 0 Å². The largest absolute Gasteiger partial charge is 0.456 e. The highest BCUT2D eigenvalue weighted by molar-refractivity contribution is 6.30. The first-order chi connectivity index (χ1) is 12.5. The first kappa shape index (κ1) is 17.4. The molecule has 0 saturated carbocycles. The summed E-state index contributed by atoms with van der Waals surface area (Å²) < 4.78 is 18.9. The average Bonchev–Trinajstić information content (AvgIpc) is 3.08. The standard InChI is InChI=1S/C19H10ClFN2O3/c20-14-3-1-2-12(8-14)13(11-22)9-16-5-7-19(26-16)17-6-4-15(21)10-18(17)23(24)25/h1-10H/b13-9-. The summed E-state index contributed by atoms with van der Waals surface area (Å²) in [5.41, 5.74) is 0.690. The zero-order valence-electron chi connectivity index (χ0n) is 13.1. The fraction of sp³-hybridized carbons (Fsp3) is 0. The van der Waals surface area contributed by atoms with Crippen LogP contribution in [-0.2, 0) is 0 Å². The van der Waals surface area contributed by atoms with Crippen LogP contribution in [0.4, 0.5) is 10.1 Å². The number of halogens is 2. The van der Waals surface area contributed by atoms with Gasteiger partial charge in [0, 0.05) is 5.02 Å². The average molecular weight is 369 g/mol. The van der Waals surface area contributed by atoms with Crippen LogP contribution in [0, 0.1) is 27.3 Å². The molecule has 2 aromatic carbocycles. The number of benzene rings is 2. The summed E-state index contributed by atoms with van der Waals surface area (Å²) in [5.74, 6) is -0.179. The van der Waals surface area contributed by atoms with Crippen LogP contribution in [-0.4, -0.2) is 4.92 Å². The lowest BCUT2D eigenvalue weighted by Gasteiger charge is -2.00. The van der Waals surface area contributed by atoms with Crippen LogP contribution in [0.2, 0.25) is 5.02 Å². The monoisotopic (exact) mass is 368 g/mol. The SMILES string of the molecule is N#C/C(=C/c1ccc(-c2ccc(F)cc2[N+](=O)[O-])o1)c1cccc(Cl)c1. The summed E-state index contributed by atoms with van der Waals surface area (Å²) in [4.78, 5) is 10.4. The molecule has 128 valence electrons. The van der Waals surface area contributed by atoms with Crippen molar-refractivity contribution in [3.8, 4) is 17.4 Å². The quantitative estimate of drug-likeness (QED) is 0.335. The van der Waals surface area contributed by atoms with Gasteiger partial charge in [-0.2, -0.15) is 5.26 Å². The Balaban J connectivity index is 2.01. The van der Waals surface area contributed by atoms with Crippen molar-refractivity contribution in [1.29, 1.82) is 5.26 Å². The maximum absolute atomic E-state index is 13.3. The van der Waals surface area contributed by atoms with E-state index >= 15 is 0 Å². The number of hydrogen-bond donors (Lipinski definition) is 0. The van der Waals surface area contributed by atoms with Gasteiger partial charge in [0.1, 0.15) is 17.3 Å². The molecule has 0 radical (unpaired) electrons. The molecule has 0 amide bonds. The number of nitrogens with zero attached hydrogens (tertiary/aromatic N) is 2. The lowest BCUT2D eigenvalue weighted by atomic mass is 10.1. The van der Waals surface area contributed by atoms with Gasteiger partial charge in [0.15, 0.2) is 0 Å². The molecule has 0 aliphatic rings. The molecule has 3 aromatic rings.